The normalized spacial score (nSPS) is 11.7. The van der Waals surface area contributed by atoms with Gasteiger partial charge in [-0.15, -0.1) is 0 Å². The summed E-state index contributed by atoms with van der Waals surface area (Å²) in [7, 11) is 0. The fourth-order valence-electron chi connectivity index (χ4n) is 10.2. The summed E-state index contributed by atoms with van der Waals surface area (Å²) < 4.78 is 8.98. The minimum absolute atomic E-state index is 0.850. The summed E-state index contributed by atoms with van der Waals surface area (Å²) in [5.74, 6) is 0. The Kier molecular flexibility index (Phi) is 8.53. The molecule has 0 spiro atoms. The zero-order chi connectivity index (χ0) is 42.8. The summed E-state index contributed by atoms with van der Waals surface area (Å²) in [4.78, 5) is 2.41. The molecule has 11 aromatic carbocycles. The second-order valence-corrected chi connectivity index (χ2v) is 16.8. The lowest BCUT2D eigenvalue weighted by molar-refractivity contribution is 0.669. The largest absolute Gasteiger partial charge is 0.456 e. The van der Waals surface area contributed by atoms with Gasteiger partial charge in [0.25, 0.3) is 0 Å². The van der Waals surface area contributed by atoms with Gasteiger partial charge in [-0.05, 0) is 104 Å². The number of hydrogen-bond acceptors (Lipinski definition) is 2. The Bertz CT molecular complexity index is 3900. The van der Waals surface area contributed by atoms with Crippen molar-refractivity contribution < 1.29 is 4.42 Å². The van der Waals surface area contributed by atoms with Crippen LogP contribution in [0.4, 0.5) is 17.1 Å². The van der Waals surface area contributed by atoms with E-state index < -0.39 is 0 Å². The first-order chi connectivity index (χ1) is 32.2. The number of hydrogen-bond donors (Lipinski definition) is 0. The molecule has 0 atom stereocenters. The van der Waals surface area contributed by atoms with E-state index in [0.29, 0.717) is 0 Å². The quantitative estimate of drug-likeness (QED) is 0.149. The van der Waals surface area contributed by atoms with Crippen LogP contribution in [0.25, 0.3) is 104 Å². The van der Waals surface area contributed by atoms with Gasteiger partial charge in [0.1, 0.15) is 11.2 Å². The van der Waals surface area contributed by atoms with Crippen molar-refractivity contribution in [3.63, 3.8) is 0 Å². The summed E-state index contributed by atoms with van der Waals surface area (Å²) in [6.45, 7) is 0. The van der Waals surface area contributed by atoms with E-state index in [-0.39, 0.29) is 0 Å². The average Bonchev–Trinajstić information content (AvgIpc) is 3.92. The van der Waals surface area contributed by atoms with Crippen LogP contribution in [0.3, 0.4) is 0 Å². The molecule has 0 unspecified atom stereocenters. The van der Waals surface area contributed by atoms with Gasteiger partial charge in [-0.3, -0.25) is 0 Å². The van der Waals surface area contributed by atoms with Crippen LogP contribution in [0, 0.1) is 0 Å². The Morgan fingerprint density at radius 2 is 0.877 bits per heavy atom. The first-order valence-electron chi connectivity index (χ1n) is 22.2. The highest BCUT2D eigenvalue weighted by Crippen LogP contribution is 2.46. The predicted molar refractivity (Wildman–Crippen MR) is 274 cm³/mol. The van der Waals surface area contributed by atoms with Crippen molar-refractivity contribution in [2.45, 2.75) is 0 Å². The molecule has 13 aromatic rings. The van der Waals surface area contributed by atoms with Crippen molar-refractivity contribution >= 4 is 82.4 Å². The number of aromatic nitrogens is 1. The molecular weight excluding hydrogens is 789 g/mol. The molecule has 0 saturated carbocycles. The molecule has 0 bridgehead atoms. The molecule has 2 heterocycles. The number of fused-ring (bicyclic) bond motifs is 9. The third kappa shape index (κ3) is 6.05. The van der Waals surface area contributed by atoms with E-state index in [2.05, 4.69) is 240 Å². The van der Waals surface area contributed by atoms with Gasteiger partial charge in [-0.25, -0.2) is 0 Å². The fourth-order valence-corrected chi connectivity index (χ4v) is 10.2. The van der Waals surface area contributed by atoms with Crippen LogP contribution in [0.2, 0.25) is 0 Å². The molecule has 65 heavy (non-hydrogen) atoms. The Balaban J connectivity index is 1.03. The van der Waals surface area contributed by atoms with Crippen LogP contribution in [0.1, 0.15) is 0 Å². The van der Waals surface area contributed by atoms with Gasteiger partial charge in [0.15, 0.2) is 0 Å². The number of anilines is 3. The van der Waals surface area contributed by atoms with Crippen LogP contribution in [-0.2, 0) is 0 Å². The molecule has 0 aliphatic carbocycles. The fraction of sp³-hybridized carbons (Fsp3) is 0. The van der Waals surface area contributed by atoms with E-state index in [1.807, 2.05) is 12.1 Å². The van der Waals surface area contributed by atoms with Gasteiger partial charge in [0.05, 0.1) is 22.4 Å². The SMILES string of the molecule is c1ccc(-c2ccc(-c3cc4ccccc4c4ccccc34)cc2N(c2ccc(-c3ccccc3-n3c4ccccc4c4ccccc43)cc2)c2ccc3c(c2)oc2ccccc23)cc1. The maximum absolute atomic E-state index is 6.57. The summed E-state index contributed by atoms with van der Waals surface area (Å²) in [5.41, 5.74) is 15.3. The zero-order valence-electron chi connectivity index (χ0n) is 35.4. The minimum Gasteiger partial charge on any atom is -0.456 e. The third-order valence-electron chi connectivity index (χ3n) is 13.2. The predicted octanol–water partition coefficient (Wildman–Crippen LogP) is 17.5. The molecule has 0 aliphatic rings. The molecule has 0 saturated heterocycles. The number of benzene rings is 11. The molecule has 2 aromatic heterocycles. The molecule has 13 rings (SSSR count). The van der Waals surface area contributed by atoms with Gasteiger partial charge in [-0.1, -0.05) is 176 Å². The highest BCUT2D eigenvalue weighted by atomic mass is 16.3. The van der Waals surface area contributed by atoms with Crippen molar-refractivity contribution in [1.82, 2.24) is 4.57 Å². The number of rotatable bonds is 7. The van der Waals surface area contributed by atoms with Crippen LogP contribution < -0.4 is 4.90 Å². The second-order valence-electron chi connectivity index (χ2n) is 16.8. The molecule has 0 radical (unpaired) electrons. The first-order valence-corrected chi connectivity index (χ1v) is 22.2. The molecule has 0 N–H and O–H groups in total. The molecule has 0 amide bonds. The molecule has 3 nitrogen and oxygen atoms in total. The van der Waals surface area contributed by atoms with Crippen LogP contribution in [0.15, 0.2) is 247 Å². The van der Waals surface area contributed by atoms with Crippen molar-refractivity contribution in [2.75, 3.05) is 4.90 Å². The van der Waals surface area contributed by atoms with Crippen molar-refractivity contribution in [3.8, 4) is 39.1 Å². The van der Waals surface area contributed by atoms with Crippen molar-refractivity contribution in [1.29, 1.82) is 0 Å². The lowest BCUT2D eigenvalue weighted by Gasteiger charge is -2.29. The molecular formula is C62H40N2O. The lowest BCUT2D eigenvalue weighted by Crippen LogP contribution is -2.11. The number of para-hydroxylation sites is 4. The lowest BCUT2D eigenvalue weighted by atomic mass is 9.91. The third-order valence-corrected chi connectivity index (χ3v) is 13.2. The van der Waals surface area contributed by atoms with Gasteiger partial charge >= 0.3 is 0 Å². The van der Waals surface area contributed by atoms with E-state index in [4.69, 9.17) is 4.42 Å². The van der Waals surface area contributed by atoms with E-state index in [0.717, 1.165) is 72.5 Å². The summed E-state index contributed by atoms with van der Waals surface area (Å²) in [6, 6.07) is 87.8. The minimum atomic E-state index is 0.850. The number of furan rings is 1. The summed E-state index contributed by atoms with van der Waals surface area (Å²) in [6.07, 6.45) is 0. The zero-order valence-corrected chi connectivity index (χ0v) is 35.4. The van der Waals surface area contributed by atoms with E-state index >= 15 is 0 Å². The second kappa shape index (κ2) is 15.0. The van der Waals surface area contributed by atoms with Gasteiger partial charge in [0, 0.05) is 50.1 Å². The first kappa shape index (κ1) is 36.9. The van der Waals surface area contributed by atoms with Gasteiger partial charge in [-0.2, -0.15) is 0 Å². The monoisotopic (exact) mass is 828 g/mol. The maximum atomic E-state index is 6.57. The highest BCUT2D eigenvalue weighted by molar-refractivity contribution is 6.14. The smallest absolute Gasteiger partial charge is 0.137 e. The Morgan fingerprint density at radius 3 is 1.66 bits per heavy atom. The summed E-state index contributed by atoms with van der Waals surface area (Å²) in [5, 5.41) is 9.66. The Labute approximate surface area is 376 Å². The van der Waals surface area contributed by atoms with Crippen molar-refractivity contribution in [3.05, 3.63) is 243 Å². The van der Waals surface area contributed by atoms with Crippen LogP contribution >= 0.6 is 0 Å². The van der Waals surface area contributed by atoms with E-state index in [1.165, 1.54) is 48.9 Å². The van der Waals surface area contributed by atoms with Gasteiger partial charge in [0.2, 0.25) is 0 Å². The maximum Gasteiger partial charge on any atom is 0.137 e. The van der Waals surface area contributed by atoms with E-state index in [9.17, 15) is 0 Å². The van der Waals surface area contributed by atoms with Crippen LogP contribution in [-0.4, -0.2) is 4.57 Å². The summed E-state index contributed by atoms with van der Waals surface area (Å²) >= 11 is 0. The van der Waals surface area contributed by atoms with Crippen molar-refractivity contribution in [2.24, 2.45) is 0 Å². The molecule has 0 aliphatic heterocycles. The Morgan fingerprint density at radius 1 is 0.308 bits per heavy atom. The average molecular weight is 829 g/mol. The highest BCUT2D eigenvalue weighted by Gasteiger charge is 2.22. The molecule has 304 valence electrons. The molecule has 3 heteroatoms. The Hall–Kier alpha value is -8.66. The molecule has 0 fully saturated rings. The topological polar surface area (TPSA) is 21.3 Å². The van der Waals surface area contributed by atoms with E-state index in [1.54, 1.807) is 0 Å². The standard InChI is InChI=1S/C62H40N2O/c1-2-16-41(17-3-1)49-36-32-44(56-38-43-18-4-5-19-47(43)50-21-6-7-22-51(50)56)39-60(49)63(46-35-37-55-54-25-11-15-29-61(54)65-62(55)40-46)45-33-30-42(31-34-45)48-20-8-12-26-57(48)64-58-27-13-9-23-52(58)53-24-10-14-28-59(53)64/h1-40H. The number of nitrogens with zero attached hydrogens (tertiary/aromatic N) is 2. The van der Waals surface area contributed by atoms with Crippen LogP contribution in [0.5, 0.6) is 0 Å². The van der Waals surface area contributed by atoms with Gasteiger partial charge < -0.3 is 13.9 Å².